The Bertz CT molecular complexity index is 617. The minimum absolute atomic E-state index is 0.227. The fraction of sp³-hybridized carbons (Fsp3) is 0.682. The smallest absolute Gasteiger partial charge is 0.311 e. The minimum atomic E-state index is -1.53. The van der Waals surface area contributed by atoms with E-state index in [1.165, 1.54) is 5.56 Å². The number of carbonyl (C=O) groups is 1. The molecule has 1 aromatic rings. The third kappa shape index (κ3) is 8.99. The summed E-state index contributed by atoms with van der Waals surface area (Å²) in [4.78, 5) is 12.1. The number of nitrogens with zero attached hydrogens (tertiary/aromatic N) is 1. The topological polar surface area (TPSA) is 70.0 Å². The van der Waals surface area contributed by atoms with Crippen LogP contribution in [0, 0.1) is 11.3 Å². The van der Waals surface area contributed by atoms with Gasteiger partial charge in [-0.2, -0.15) is 0 Å². The van der Waals surface area contributed by atoms with Crippen molar-refractivity contribution in [3.8, 4) is 0 Å². The van der Waals surface area contributed by atoms with Gasteiger partial charge in [0.25, 0.3) is 0 Å². The van der Waals surface area contributed by atoms with E-state index in [2.05, 4.69) is 37.3 Å². The van der Waals surface area contributed by atoms with Gasteiger partial charge < -0.3 is 14.9 Å². The fourth-order valence-electron chi connectivity index (χ4n) is 3.00. The monoisotopic (exact) mass is 443 g/mol. The lowest BCUT2D eigenvalue weighted by Gasteiger charge is -2.41. The van der Waals surface area contributed by atoms with E-state index in [9.17, 15) is 15.0 Å². The summed E-state index contributed by atoms with van der Waals surface area (Å²) in [5.74, 6) is -0.0331. The van der Waals surface area contributed by atoms with E-state index in [0.29, 0.717) is 20.9 Å². The Morgan fingerprint density at radius 1 is 1.17 bits per heavy atom. The standard InChI is InChI=1S/C22H39NO4P2/c1-16(2)13-18(23(29-28-7)14-17-11-9-8-10-12-17)19(24)22(6,26)15-27-20(25)21(3,4)5/h8-12,16,18-19,24,26,28-29H,13-15H2,1-7H3/t18-,19+,22+/m0/s1. The van der Waals surface area contributed by atoms with Crippen LogP contribution in [0.5, 0.6) is 0 Å². The summed E-state index contributed by atoms with van der Waals surface area (Å²) in [6.07, 6.45) is -0.292. The van der Waals surface area contributed by atoms with Crippen molar-refractivity contribution in [3.63, 3.8) is 0 Å². The van der Waals surface area contributed by atoms with Crippen LogP contribution in [0.15, 0.2) is 30.3 Å². The summed E-state index contributed by atoms with van der Waals surface area (Å²) in [5.41, 5.74) is -1.00. The van der Waals surface area contributed by atoms with Crippen LogP contribution in [0.25, 0.3) is 0 Å². The van der Waals surface area contributed by atoms with Crippen molar-refractivity contribution in [2.24, 2.45) is 11.3 Å². The summed E-state index contributed by atoms with van der Waals surface area (Å²) in [6, 6.07) is 9.95. The zero-order valence-corrected chi connectivity index (χ0v) is 20.9. The van der Waals surface area contributed by atoms with Crippen molar-refractivity contribution in [1.29, 1.82) is 0 Å². The van der Waals surface area contributed by atoms with Crippen molar-refractivity contribution < 1.29 is 19.7 Å². The van der Waals surface area contributed by atoms with E-state index < -0.39 is 17.1 Å². The lowest BCUT2D eigenvalue weighted by Crippen LogP contribution is -2.55. The molecule has 2 unspecified atom stereocenters. The van der Waals surface area contributed by atoms with Gasteiger partial charge in [0.2, 0.25) is 0 Å². The molecule has 0 amide bonds. The Morgan fingerprint density at radius 3 is 2.24 bits per heavy atom. The highest BCUT2D eigenvalue weighted by Crippen LogP contribution is 2.42. The summed E-state index contributed by atoms with van der Waals surface area (Å²) in [6.45, 7) is 13.7. The van der Waals surface area contributed by atoms with Crippen molar-refractivity contribution in [2.75, 3.05) is 13.3 Å². The molecule has 0 heterocycles. The van der Waals surface area contributed by atoms with Crippen molar-refractivity contribution in [3.05, 3.63) is 35.9 Å². The second kappa shape index (κ2) is 11.7. The van der Waals surface area contributed by atoms with E-state index in [0.717, 1.165) is 14.7 Å². The number of hydrogen-bond donors (Lipinski definition) is 2. The highest BCUT2D eigenvalue weighted by Gasteiger charge is 2.41. The Hall–Kier alpha value is -0.570. The highest BCUT2D eigenvalue weighted by molar-refractivity contribution is 8.10. The van der Waals surface area contributed by atoms with Crippen LogP contribution in [-0.2, 0) is 16.1 Å². The molecule has 0 spiro atoms. The number of hydrogen-bond acceptors (Lipinski definition) is 5. The fourth-order valence-corrected chi connectivity index (χ4v) is 5.56. The van der Waals surface area contributed by atoms with Gasteiger partial charge in [-0.15, -0.1) is 0 Å². The van der Waals surface area contributed by atoms with Crippen molar-refractivity contribution in [1.82, 2.24) is 4.67 Å². The molecule has 166 valence electrons. The van der Waals surface area contributed by atoms with Gasteiger partial charge in [-0.25, -0.2) is 0 Å². The number of rotatable bonds is 11. The van der Waals surface area contributed by atoms with Crippen molar-refractivity contribution in [2.45, 2.75) is 72.3 Å². The van der Waals surface area contributed by atoms with Crippen molar-refractivity contribution >= 4 is 22.7 Å². The minimum Gasteiger partial charge on any atom is -0.462 e. The molecule has 0 radical (unpaired) electrons. The molecule has 5 atom stereocenters. The Kier molecular flexibility index (Phi) is 10.7. The average Bonchev–Trinajstić information content (AvgIpc) is 2.63. The number of aliphatic hydroxyl groups is 2. The Labute approximate surface area is 180 Å². The maximum atomic E-state index is 12.1. The van der Waals surface area contributed by atoms with Gasteiger partial charge in [-0.1, -0.05) is 52.4 Å². The van der Waals surface area contributed by atoms with Gasteiger partial charge in [0.1, 0.15) is 18.3 Å². The van der Waals surface area contributed by atoms with E-state index in [1.54, 1.807) is 27.7 Å². The van der Waals surface area contributed by atoms with Gasteiger partial charge in [0.15, 0.2) is 0 Å². The summed E-state index contributed by atoms with van der Waals surface area (Å²) < 4.78 is 7.62. The molecule has 0 aliphatic rings. The molecular formula is C22H39NO4P2. The molecule has 0 fully saturated rings. The van der Waals surface area contributed by atoms with Crippen LogP contribution in [0.1, 0.15) is 53.5 Å². The number of aliphatic hydroxyl groups excluding tert-OH is 1. The first-order chi connectivity index (χ1) is 13.4. The third-order valence-corrected chi connectivity index (χ3v) is 7.21. The summed E-state index contributed by atoms with van der Waals surface area (Å²) in [5, 5.41) is 22.2. The zero-order valence-electron chi connectivity index (χ0n) is 18.9. The third-order valence-electron chi connectivity index (χ3n) is 4.67. The van der Waals surface area contributed by atoms with Gasteiger partial charge in [0.05, 0.1) is 5.41 Å². The van der Waals surface area contributed by atoms with Crippen LogP contribution in [0.3, 0.4) is 0 Å². The predicted octanol–water partition coefficient (Wildman–Crippen LogP) is 4.42. The van der Waals surface area contributed by atoms with E-state index in [-0.39, 0.29) is 18.6 Å². The molecule has 1 aromatic carbocycles. The van der Waals surface area contributed by atoms with Crippen LogP contribution >= 0.6 is 16.7 Å². The van der Waals surface area contributed by atoms with E-state index in [1.807, 2.05) is 18.2 Å². The molecule has 0 aliphatic carbocycles. The molecule has 0 aromatic heterocycles. The molecule has 7 heteroatoms. The van der Waals surface area contributed by atoms with Crippen LogP contribution in [0.2, 0.25) is 0 Å². The van der Waals surface area contributed by atoms with Gasteiger partial charge >= 0.3 is 5.97 Å². The average molecular weight is 444 g/mol. The van der Waals surface area contributed by atoms with Crippen LogP contribution in [0.4, 0.5) is 0 Å². The molecule has 0 aliphatic heterocycles. The Balaban J connectivity index is 3.03. The summed E-state index contributed by atoms with van der Waals surface area (Å²) >= 11 is 0. The molecule has 0 saturated carbocycles. The number of ether oxygens (including phenoxy) is 1. The first-order valence-corrected chi connectivity index (χ1v) is 13.6. The molecule has 29 heavy (non-hydrogen) atoms. The van der Waals surface area contributed by atoms with Crippen LogP contribution < -0.4 is 0 Å². The first-order valence-electron chi connectivity index (χ1n) is 10.2. The number of esters is 1. The van der Waals surface area contributed by atoms with E-state index in [4.69, 9.17) is 4.74 Å². The quantitative estimate of drug-likeness (QED) is 0.391. The summed E-state index contributed by atoms with van der Waals surface area (Å²) in [7, 11) is 1.27. The molecule has 2 N–H and O–H groups in total. The van der Waals surface area contributed by atoms with Gasteiger partial charge in [0, 0.05) is 12.6 Å². The molecular weight excluding hydrogens is 404 g/mol. The number of carbonyl (C=O) groups excluding carboxylic acids is 1. The molecule has 0 bridgehead atoms. The zero-order chi connectivity index (χ0) is 22.2. The lowest BCUT2D eigenvalue weighted by molar-refractivity contribution is -0.170. The normalized spacial score (nSPS) is 17.3. The van der Waals surface area contributed by atoms with Gasteiger partial charge in [-0.3, -0.25) is 9.46 Å². The SMILES string of the molecule is CPPN(Cc1ccccc1)[C@@H](CC(C)C)[C@@H](O)[C@](C)(O)COC(=O)C(C)(C)C. The largest absolute Gasteiger partial charge is 0.462 e. The maximum absolute atomic E-state index is 12.1. The van der Waals surface area contributed by atoms with Crippen LogP contribution in [-0.4, -0.2) is 51.9 Å². The maximum Gasteiger partial charge on any atom is 0.311 e. The Morgan fingerprint density at radius 2 is 1.76 bits per heavy atom. The second-order valence-corrected chi connectivity index (χ2v) is 12.8. The lowest BCUT2D eigenvalue weighted by atomic mass is 9.88. The molecule has 5 nitrogen and oxygen atoms in total. The second-order valence-electron chi connectivity index (χ2n) is 9.30. The van der Waals surface area contributed by atoms with E-state index >= 15 is 0 Å². The first kappa shape index (κ1) is 26.5. The molecule has 0 saturated heterocycles. The number of benzene rings is 1. The highest BCUT2D eigenvalue weighted by atomic mass is 32.0. The molecule has 1 rings (SSSR count). The predicted molar refractivity (Wildman–Crippen MR) is 125 cm³/mol. The van der Waals surface area contributed by atoms with Gasteiger partial charge in [-0.05, 0) is 60.7 Å².